The Hall–Kier alpha value is -4.90. The number of hydrogen-bond donors (Lipinski definition) is 0. The van der Waals surface area contributed by atoms with Crippen LogP contribution in [0.2, 0.25) is 0 Å². The lowest BCUT2D eigenvalue weighted by molar-refractivity contribution is -0.143. The van der Waals surface area contributed by atoms with E-state index in [4.69, 9.17) is 18.9 Å². The Labute approximate surface area is 227 Å². The van der Waals surface area contributed by atoms with Crippen molar-refractivity contribution < 1.29 is 38.1 Å². The number of benzene rings is 2. The molecular formula is C31H30O8. The first-order valence-electron chi connectivity index (χ1n) is 11.7. The fourth-order valence-electron chi connectivity index (χ4n) is 2.51. The van der Waals surface area contributed by atoms with Gasteiger partial charge in [-0.05, 0) is 65.8 Å². The third-order valence-corrected chi connectivity index (χ3v) is 4.61. The van der Waals surface area contributed by atoms with Crippen molar-refractivity contribution in [2.75, 3.05) is 0 Å². The second kappa shape index (κ2) is 12.6. The summed E-state index contributed by atoms with van der Waals surface area (Å²) in [5.41, 5.74) is 0.399. The lowest BCUT2D eigenvalue weighted by Crippen LogP contribution is -2.25. The molecule has 0 fully saturated rings. The quantitative estimate of drug-likeness (QED) is 0.201. The monoisotopic (exact) mass is 530 g/mol. The van der Waals surface area contributed by atoms with Gasteiger partial charge in [-0.3, -0.25) is 4.79 Å². The highest BCUT2D eigenvalue weighted by molar-refractivity contribution is 5.90. The van der Waals surface area contributed by atoms with Gasteiger partial charge in [0, 0.05) is 40.0 Å². The zero-order valence-electron chi connectivity index (χ0n) is 22.9. The van der Waals surface area contributed by atoms with E-state index in [-0.39, 0.29) is 39.7 Å². The Bertz CT molecular complexity index is 1390. The third kappa shape index (κ3) is 9.48. The topological polar surface area (TPSA) is 105 Å². The summed E-state index contributed by atoms with van der Waals surface area (Å²) in [5, 5.41) is 0. The van der Waals surface area contributed by atoms with Crippen molar-refractivity contribution in [2.24, 2.45) is 5.41 Å². The van der Waals surface area contributed by atoms with Crippen LogP contribution in [-0.4, -0.2) is 23.9 Å². The minimum absolute atomic E-state index is 0.0725. The van der Waals surface area contributed by atoms with Gasteiger partial charge in [-0.15, -0.1) is 0 Å². The van der Waals surface area contributed by atoms with Crippen LogP contribution < -0.4 is 18.9 Å². The SMILES string of the molecule is C=C(C)C(=O)Oc1cc(C#Cc2cc(OC(=O)C(=C)C)cc(OC(=O)C(C)(C)C)c2)cc(OC(=O)C(=C)C)c1. The summed E-state index contributed by atoms with van der Waals surface area (Å²) in [7, 11) is 0. The summed E-state index contributed by atoms with van der Waals surface area (Å²) < 4.78 is 21.4. The number of hydrogen-bond acceptors (Lipinski definition) is 8. The molecule has 0 aromatic heterocycles. The molecule has 0 N–H and O–H groups in total. The molecule has 0 heterocycles. The highest BCUT2D eigenvalue weighted by atomic mass is 16.6. The maximum absolute atomic E-state index is 12.4. The normalized spacial score (nSPS) is 10.3. The van der Waals surface area contributed by atoms with E-state index < -0.39 is 29.3 Å². The van der Waals surface area contributed by atoms with Crippen LogP contribution in [0.25, 0.3) is 0 Å². The number of rotatable bonds is 7. The molecule has 0 bridgehead atoms. The van der Waals surface area contributed by atoms with E-state index in [1.165, 1.54) is 57.2 Å². The van der Waals surface area contributed by atoms with Gasteiger partial charge in [0.2, 0.25) is 0 Å². The van der Waals surface area contributed by atoms with Crippen LogP contribution in [0.5, 0.6) is 23.0 Å². The minimum Gasteiger partial charge on any atom is -0.426 e. The van der Waals surface area contributed by atoms with Crippen LogP contribution in [0.15, 0.2) is 72.9 Å². The van der Waals surface area contributed by atoms with Crippen LogP contribution in [0.4, 0.5) is 0 Å². The van der Waals surface area contributed by atoms with E-state index >= 15 is 0 Å². The fourth-order valence-corrected chi connectivity index (χ4v) is 2.51. The summed E-state index contributed by atoms with van der Waals surface area (Å²) >= 11 is 0. The number of esters is 4. The molecule has 0 saturated heterocycles. The van der Waals surface area contributed by atoms with Crippen molar-refractivity contribution in [3.05, 3.63) is 84.0 Å². The molecule has 39 heavy (non-hydrogen) atoms. The Balaban J connectivity index is 2.55. The van der Waals surface area contributed by atoms with Crippen molar-refractivity contribution >= 4 is 23.9 Å². The van der Waals surface area contributed by atoms with Gasteiger partial charge >= 0.3 is 23.9 Å². The van der Waals surface area contributed by atoms with Crippen molar-refractivity contribution in [3.8, 4) is 34.8 Å². The average Bonchev–Trinajstić information content (AvgIpc) is 2.81. The summed E-state index contributed by atoms with van der Waals surface area (Å²) in [6.45, 7) is 20.2. The maximum atomic E-state index is 12.4. The fraction of sp³-hybridized carbons (Fsp3) is 0.226. The van der Waals surface area contributed by atoms with Gasteiger partial charge in [0.1, 0.15) is 23.0 Å². The van der Waals surface area contributed by atoms with Crippen LogP contribution in [0, 0.1) is 17.3 Å². The first kappa shape index (κ1) is 30.3. The number of carbonyl (C=O) groups excluding carboxylic acids is 4. The molecule has 0 saturated carbocycles. The zero-order valence-corrected chi connectivity index (χ0v) is 22.9. The van der Waals surface area contributed by atoms with E-state index in [0.717, 1.165) is 0 Å². The molecule has 0 amide bonds. The molecule has 0 radical (unpaired) electrons. The Kier molecular flexibility index (Phi) is 9.77. The number of carbonyl (C=O) groups is 4. The molecular weight excluding hydrogens is 500 g/mol. The summed E-state index contributed by atoms with van der Waals surface area (Å²) in [5.74, 6) is 3.62. The van der Waals surface area contributed by atoms with Crippen molar-refractivity contribution in [3.63, 3.8) is 0 Å². The molecule has 202 valence electrons. The van der Waals surface area contributed by atoms with Gasteiger partial charge in [-0.25, -0.2) is 14.4 Å². The Morgan fingerprint density at radius 2 is 0.846 bits per heavy atom. The van der Waals surface area contributed by atoms with E-state index in [1.807, 2.05) is 0 Å². The zero-order chi connectivity index (χ0) is 29.5. The second-order valence-electron chi connectivity index (χ2n) is 9.79. The van der Waals surface area contributed by atoms with Gasteiger partial charge in [0.15, 0.2) is 0 Å². The summed E-state index contributed by atoms with van der Waals surface area (Å²) in [4.78, 5) is 48.6. The smallest absolute Gasteiger partial charge is 0.338 e. The standard InChI is InChI=1S/C31H30O8/c1-18(2)27(32)36-23-12-21(13-24(16-23)37-28(33)19(3)4)10-11-22-14-25(38-29(34)20(5)6)17-26(15-22)39-30(35)31(7,8)9/h12-17H,1,3,5H2,2,4,6-9H3. The van der Waals surface area contributed by atoms with Crippen LogP contribution in [0.1, 0.15) is 52.7 Å². The van der Waals surface area contributed by atoms with E-state index in [1.54, 1.807) is 20.8 Å². The van der Waals surface area contributed by atoms with E-state index in [2.05, 4.69) is 31.6 Å². The molecule has 8 nitrogen and oxygen atoms in total. The van der Waals surface area contributed by atoms with Gasteiger partial charge in [-0.2, -0.15) is 0 Å². The molecule has 0 unspecified atom stereocenters. The maximum Gasteiger partial charge on any atom is 0.338 e. The predicted molar refractivity (Wildman–Crippen MR) is 145 cm³/mol. The molecule has 2 aromatic carbocycles. The molecule has 0 aliphatic carbocycles. The molecule has 2 aromatic rings. The lowest BCUT2D eigenvalue weighted by atomic mass is 9.97. The summed E-state index contributed by atoms with van der Waals surface area (Å²) in [6.07, 6.45) is 0. The second-order valence-corrected chi connectivity index (χ2v) is 9.79. The first-order valence-corrected chi connectivity index (χ1v) is 11.7. The minimum atomic E-state index is -0.782. The highest BCUT2D eigenvalue weighted by Gasteiger charge is 2.24. The molecule has 0 aliphatic heterocycles. The van der Waals surface area contributed by atoms with Gasteiger partial charge < -0.3 is 18.9 Å². The van der Waals surface area contributed by atoms with Crippen molar-refractivity contribution in [1.29, 1.82) is 0 Å². The van der Waals surface area contributed by atoms with Crippen LogP contribution in [0.3, 0.4) is 0 Å². The van der Waals surface area contributed by atoms with Crippen LogP contribution >= 0.6 is 0 Å². The van der Waals surface area contributed by atoms with Gasteiger partial charge in [0.05, 0.1) is 5.41 Å². The van der Waals surface area contributed by atoms with Gasteiger partial charge in [-0.1, -0.05) is 31.6 Å². The van der Waals surface area contributed by atoms with Crippen molar-refractivity contribution in [2.45, 2.75) is 41.5 Å². The largest absolute Gasteiger partial charge is 0.426 e. The lowest BCUT2D eigenvalue weighted by Gasteiger charge is -2.17. The average molecular weight is 531 g/mol. The Morgan fingerprint density at radius 1 is 0.564 bits per heavy atom. The molecule has 2 rings (SSSR count). The predicted octanol–water partition coefficient (Wildman–Crippen LogP) is 5.48. The Morgan fingerprint density at radius 3 is 1.10 bits per heavy atom. The molecule has 0 spiro atoms. The van der Waals surface area contributed by atoms with Gasteiger partial charge in [0.25, 0.3) is 0 Å². The van der Waals surface area contributed by atoms with E-state index in [0.29, 0.717) is 11.1 Å². The summed E-state index contributed by atoms with van der Waals surface area (Å²) in [6, 6.07) is 8.67. The van der Waals surface area contributed by atoms with Crippen LogP contribution in [-0.2, 0) is 19.2 Å². The third-order valence-electron chi connectivity index (χ3n) is 4.61. The molecule has 0 aliphatic rings. The van der Waals surface area contributed by atoms with Crippen molar-refractivity contribution in [1.82, 2.24) is 0 Å². The van der Waals surface area contributed by atoms with E-state index in [9.17, 15) is 19.2 Å². The first-order chi connectivity index (χ1) is 18.0. The molecule has 8 heteroatoms. The molecule has 0 atom stereocenters. The number of ether oxygens (including phenoxy) is 4. The highest BCUT2D eigenvalue weighted by Crippen LogP contribution is 2.27.